The molecule has 2 aromatic carbocycles. The molecule has 0 spiro atoms. The van der Waals surface area contributed by atoms with Crippen LogP contribution in [0.3, 0.4) is 0 Å². The first-order chi connectivity index (χ1) is 13.3. The Bertz CT molecular complexity index is 959. The van der Waals surface area contributed by atoms with Gasteiger partial charge < -0.3 is 19.3 Å². The quantitative estimate of drug-likeness (QED) is 0.731. The van der Waals surface area contributed by atoms with Crippen molar-refractivity contribution in [2.24, 2.45) is 0 Å². The number of methoxy groups -OCH3 is 3. The van der Waals surface area contributed by atoms with Gasteiger partial charge in [-0.1, -0.05) is 6.07 Å². The van der Waals surface area contributed by atoms with Crippen LogP contribution in [0.25, 0.3) is 0 Å². The molecule has 7 nitrogen and oxygen atoms in total. The average Bonchev–Trinajstić information content (AvgIpc) is 2.71. The minimum absolute atomic E-state index is 0.0382. The van der Waals surface area contributed by atoms with E-state index in [4.69, 9.17) is 14.2 Å². The average molecular weight is 407 g/mol. The van der Waals surface area contributed by atoms with Gasteiger partial charge in [-0.2, -0.15) is 0 Å². The Kier molecular flexibility index (Phi) is 5.83. The molecule has 0 fully saturated rings. The van der Waals surface area contributed by atoms with E-state index in [0.717, 1.165) is 24.0 Å². The van der Waals surface area contributed by atoms with Gasteiger partial charge in [0.25, 0.3) is 0 Å². The lowest BCUT2D eigenvalue weighted by atomic mass is 9.79. The Morgan fingerprint density at radius 3 is 2.39 bits per heavy atom. The maximum atomic E-state index is 12.9. The molecule has 0 bridgehead atoms. The summed E-state index contributed by atoms with van der Waals surface area (Å²) in [6.07, 6.45) is 2.02. The summed E-state index contributed by atoms with van der Waals surface area (Å²) in [4.78, 5) is -0.0382. The summed E-state index contributed by atoms with van der Waals surface area (Å²) < 4.78 is 43.9. The van der Waals surface area contributed by atoms with Crippen molar-refractivity contribution >= 4 is 10.0 Å². The predicted octanol–water partition coefficient (Wildman–Crippen LogP) is 2.21. The third-order valence-corrected chi connectivity index (χ3v) is 6.49. The Morgan fingerprint density at radius 2 is 1.71 bits per heavy atom. The van der Waals surface area contributed by atoms with E-state index < -0.39 is 15.6 Å². The van der Waals surface area contributed by atoms with Gasteiger partial charge in [-0.3, -0.25) is 0 Å². The summed E-state index contributed by atoms with van der Waals surface area (Å²) in [7, 11) is 0.523. The Labute approximate surface area is 165 Å². The molecule has 3 rings (SSSR count). The number of rotatable bonds is 7. The summed E-state index contributed by atoms with van der Waals surface area (Å²) in [6.45, 7) is -0.144. The van der Waals surface area contributed by atoms with Crippen LogP contribution in [0, 0.1) is 0 Å². The zero-order chi connectivity index (χ0) is 20.4. The second kappa shape index (κ2) is 7.98. The highest BCUT2D eigenvalue weighted by atomic mass is 32.2. The van der Waals surface area contributed by atoms with Crippen LogP contribution >= 0.6 is 0 Å². The van der Waals surface area contributed by atoms with Gasteiger partial charge in [0, 0.05) is 12.6 Å². The number of hydrogen-bond donors (Lipinski definition) is 2. The smallest absolute Gasteiger partial charge is 0.244 e. The van der Waals surface area contributed by atoms with E-state index in [1.54, 1.807) is 25.3 Å². The first kappa shape index (κ1) is 20.4. The van der Waals surface area contributed by atoms with E-state index in [-0.39, 0.29) is 17.2 Å². The van der Waals surface area contributed by atoms with E-state index >= 15 is 0 Å². The molecule has 2 N–H and O–H groups in total. The van der Waals surface area contributed by atoms with Crippen molar-refractivity contribution < 1.29 is 27.7 Å². The van der Waals surface area contributed by atoms with Crippen LogP contribution < -0.4 is 18.9 Å². The first-order valence-electron chi connectivity index (χ1n) is 8.94. The van der Waals surface area contributed by atoms with Gasteiger partial charge in [0.15, 0.2) is 0 Å². The van der Waals surface area contributed by atoms with Crippen LogP contribution in [0.2, 0.25) is 0 Å². The van der Waals surface area contributed by atoms with Crippen molar-refractivity contribution in [2.75, 3.05) is 27.9 Å². The number of ether oxygens (including phenoxy) is 3. The van der Waals surface area contributed by atoms with Crippen LogP contribution in [-0.4, -0.2) is 41.4 Å². The molecule has 0 radical (unpaired) electrons. The Morgan fingerprint density at radius 1 is 1.04 bits per heavy atom. The van der Waals surface area contributed by atoms with Crippen LogP contribution in [0.4, 0.5) is 0 Å². The van der Waals surface area contributed by atoms with Gasteiger partial charge in [-0.25, -0.2) is 13.1 Å². The maximum absolute atomic E-state index is 12.9. The third-order valence-electron chi connectivity index (χ3n) is 5.07. The molecule has 0 saturated carbocycles. The summed E-state index contributed by atoms with van der Waals surface area (Å²) in [5.74, 6) is 1.31. The number of aliphatic hydroxyl groups is 1. The second-order valence-corrected chi connectivity index (χ2v) is 8.48. The van der Waals surface area contributed by atoms with E-state index in [1.165, 1.54) is 26.4 Å². The van der Waals surface area contributed by atoms with Crippen molar-refractivity contribution in [2.45, 2.75) is 29.8 Å². The second-order valence-electron chi connectivity index (χ2n) is 6.75. The molecule has 1 aliphatic carbocycles. The van der Waals surface area contributed by atoms with Crippen LogP contribution in [0.5, 0.6) is 17.2 Å². The number of sulfonamides is 1. The highest BCUT2D eigenvalue weighted by Gasteiger charge is 2.36. The lowest BCUT2D eigenvalue weighted by Gasteiger charge is -2.34. The van der Waals surface area contributed by atoms with Gasteiger partial charge in [0.2, 0.25) is 10.0 Å². The Hall–Kier alpha value is -2.29. The molecule has 2 aromatic rings. The fourth-order valence-corrected chi connectivity index (χ4v) is 4.81. The minimum atomic E-state index is -3.93. The van der Waals surface area contributed by atoms with Crippen molar-refractivity contribution in [1.82, 2.24) is 4.72 Å². The lowest BCUT2D eigenvalue weighted by Crippen LogP contribution is -2.43. The van der Waals surface area contributed by atoms with Crippen molar-refractivity contribution in [3.8, 4) is 17.2 Å². The molecule has 1 atom stereocenters. The predicted molar refractivity (Wildman–Crippen MR) is 105 cm³/mol. The molecule has 0 saturated heterocycles. The fraction of sp³-hybridized carbons (Fsp3) is 0.400. The SMILES string of the molecule is COc1ccc2c(c1)CCCC2(O)CNS(=O)(=O)c1cc(OC)ccc1OC. The highest BCUT2D eigenvalue weighted by molar-refractivity contribution is 7.89. The van der Waals surface area contributed by atoms with Gasteiger partial charge in [-0.05, 0) is 54.7 Å². The van der Waals surface area contributed by atoms with Crippen molar-refractivity contribution in [3.05, 3.63) is 47.5 Å². The summed E-state index contributed by atoms with van der Waals surface area (Å²) in [5, 5.41) is 11.2. The van der Waals surface area contributed by atoms with E-state index in [0.29, 0.717) is 17.9 Å². The number of aryl methyl sites for hydroxylation is 1. The maximum Gasteiger partial charge on any atom is 0.244 e. The molecule has 152 valence electrons. The van der Waals surface area contributed by atoms with Crippen LogP contribution in [0.15, 0.2) is 41.3 Å². The zero-order valence-corrected chi connectivity index (χ0v) is 17.0. The van der Waals surface area contributed by atoms with E-state index in [1.807, 2.05) is 6.07 Å². The van der Waals surface area contributed by atoms with Crippen molar-refractivity contribution in [1.29, 1.82) is 0 Å². The standard InChI is InChI=1S/C20H25NO6S/c1-25-15-6-8-17-14(11-15)5-4-10-20(17,22)13-21-28(23,24)19-12-16(26-2)7-9-18(19)27-3/h6-9,11-12,21-22H,4-5,10,13H2,1-3H3. The van der Waals surface area contributed by atoms with Crippen LogP contribution in [-0.2, 0) is 22.0 Å². The van der Waals surface area contributed by atoms with E-state index in [9.17, 15) is 13.5 Å². The van der Waals surface area contributed by atoms with Gasteiger partial charge in [0.05, 0.1) is 21.3 Å². The summed E-state index contributed by atoms with van der Waals surface area (Å²) in [5.41, 5.74) is 0.394. The molecule has 1 unspecified atom stereocenters. The van der Waals surface area contributed by atoms with Gasteiger partial charge in [-0.15, -0.1) is 0 Å². The normalized spacial score (nSPS) is 19.0. The first-order valence-corrected chi connectivity index (χ1v) is 10.4. The van der Waals surface area contributed by atoms with Crippen LogP contribution in [0.1, 0.15) is 24.0 Å². The fourth-order valence-electron chi connectivity index (χ4n) is 3.53. The topological polar surface area (TPSA) is 94.1 Å². The molecular weight excluding hydrogens is 382 g/mol. The van der Waals surface area contributed by atoms with E-state index in [2.05, 4.69) is 4.72 Å². The third kappa shape index (κ3) is 3.94. The molecule has 8 heteroatoms. The van der Waals surface area contributed by atoms with Gasteiger partial charge in [0.1, 0.15) is 27.7 Å². The number of benzene rings is 2. The number of nitrogens with one attached hydrogen (secondary N) is 1. The van der Waals surface area contributed by atoms with Gasteiger partial charge >= 0.3 is 0 Å². The summed E-state index contributed by atoms with van der Waals surface area (Å²) in [6, 6.07) is 10.0. The molecule has 0 amide bonds. The highest BCUT2D eigenvalue weighted by Crippen LogP contribution is 2.37. The number of hydrogen-bond acceptors (Lipinski definition) is 6. The molecule has 0 heterocycles. The molecule has 1 aliphatic rings. The van der Waals surface area contributed by atoms with Crippen molar-refractivity contribution in [3.63, 3.8) is 0 Å². The molecular formula is C20H25NO6S. The molecule has 0 aliphatic heterocycles. The zero-order valence-electron chi connectivity index (χ0n) is 16.2. The monoisotopic (exact) mass is 407 g/mol. The summed E-state index contributed by atoms with van der Waals surface area (Å²) >= 11 is 0. The molecule has 28 heavy (non-hydrogen) atoms. The lowest BCUT2D eigenvalue weighted by molar-refractivity contribution is 0.0242. The minimum Gasteiger partial charge on any atom is -0.497 e. The number of fused-ring (bicyclic) bond motifs is 1. The largest absolute Gasteiger partial charge is 0.497 e. The Balaban J connectivity index is 1.88. The molecule has 0 aromatic heterocycles.